The minimum absolute atomic E-state index is 0.0742. The summed E-state index contributed by atoms with van der Waals surface area (Å²) in [6.07, 6.45) is 1.73. The Morgan fingerprint density at radius 2 is 1.97 bits per heavy atom. The molecule has 34 heavy (non-hydrogen) atoms. The lowest BCUT2D eigenvalue weighted by Crippen LogP contribution is -2.33. The van der Waals surface area contributed by atoms with E-state index >= 15 is 0 Å². The number of para-hydroxylation sites is 1. The standard InChI is InChI=1S/C26H23ClN2O5/c1-3-19-20(27)11-17(26(31)25(19)28-2)12-21(16-9-10-22-23(13-16)34-15-33-22)29-24(30)14-32-18-7-5-4-6-8-18/h3-11,13,21,31H,1-2,12,14-15H2,(H,29,30). The molecule has 1 amide bonds. The van der Waals surface area contributed by atoms with Gasteiger partial charge in [0.2, 0.25) is 6.79 Å². The molecular formula is C26H23ClN2O5. The molecule has 174 valence electrons. The largest absolute Gasteiger partial charge is 0.505 e. The molecule has 0 aromatic heterocycles. The van der Waals surface area contributed by atoms with E-state index in [1.807, 2.05) is 24.3 Å². The van der Waals surface area contributed by atoms with Crippen molar-refractivity contribution in [2.24, 2.45) is 4.99 Å². The van der Waals surface area contributed by atoms with E-state index in [0.717, 1.165) is 5.56 Å². The van der Waals surface area contributed by atoms with Crippen molar-refractivity contribution in [3.63, 3.8) is 0 Å². The van der Waals surface area contributed by atoms with Gasteiger partial charge in [0, 0.05) is 17.5 Å². The minimum atomic E-state index is -0.532. The maximum absolute atomic E-state index is 12.8. The molecule has 0 bridgehead atoms. The molecule has 0 saturated heterocycles. The number of aromatic hydroxyl groups is 1. The molecule has 4 rings (SSSR count). The summed E-state index contributed by atoms with van der Waals surface area (Å²) in [5.74, 6) is 1.38. The third-order valence-corrected chi connectivity index (χ3v) is 5.69. The van der Waals surface area contributed by atoms with Gasteiger partial charge in [0.15, 0.2) is 18.1 Å². The third-order valence-electron chi connectivity index (χ3n) is 5.38. The van der Waals surface area contributed by atoms with Crippen LogP contribution in [0.4, 0.5) is 5.69 Å². The van der Waals surface area contributed by atoms with E-state index in [2.05, 4.69) is 23.6 Å². The number of carbonyl (C=O) groups is 1. The summed E-state index contributed by atoms with van der Waals surface area (Å²) in [5.41, 5.74) is 1.97. The quantitative estimate of drug-likeness (QED) is 0.411. The van der Waals surface area contributed by atoms with E-state index in [0.29, 0.717) is 33.4 Å². The van der Waals surface area contributed by atoms with Crippen molar-refractivity contribution in [1.82, 2.24) is 5.32 Å². The lowest BCUT2D eigenvalue weighted by Gasteiger charge is -2.21. The van der Waals surface area contributed by atoms with Crippen LogP contribution in [-0.4, -0.2) is 31.1 Å². The van der Waals surface area contributed by atoms with Gasteiger partial charge in [-0.15, -0.1) is 0 Å². The van der Waals surface area contributed by atoms with Gasteiger partial charge in [0.05, 0.1) is 11.1 Å². The van der Waals surface area contributed by atoms with Gasteiger partial charge < -0.3 is 24.6 Å². The molecule has 0 saturated carbocycles. The molecule has 1 aliphatic heterocycles. The van der Waals surface area contributed by atoms with Crippen LogP contribution in [0.25, 0.3) is 6.08 Å². The second-order valence-corrected chi connectivity index (χ2v) is 7.94. The number of halogens is 1. The highest BCUT2D eigenvalue weighted by atomic mass is 35.5. The van der Waals surface area contributed by atoms with Crippen LogP contribution >= 0.6 is 11.6 Å². The number of rotatable bonds is 9. The molecule has 3 aromatic carbocycles. The molecule has 1 heterocycles. The number of phenols is 1. The van der Waals surface area contributed by atoms with E-state index in [-0.39, 0.29) is 37.2 Å². The topological polar surface area (TPSA) is 89.4 Å². The molecule has 0 aliphatic carbocycles. The number of amides is 1. The zero-order chi connectivity index (χ0) is 24.1. The number of fused-ring (bicyclic) bond motifs is 1. The summed E-state index contributed by atoms with van der Waals surface area (Å²) >= 11 is 6.40. The van der Waals surface area contributed by atoms with Gasteiger partial charge in [0.1, 0.15) is 17.2 Å². The van der Waals surface area contributed by atoms with Crippen LogP contribution in [0, 0.1) is 0 Å². The van der Waals surface area contributed by atoms with Crippen LogP contribution in [0.15, 0.2) is 66.2 Å². The lowest BCUT2D eigenvalue weighted by atomic mass is 9.96. The van der Waals surface area contributed by atoms with E-state index in [9.17, 15) is 9.90 Å². The fraction of sp³-hybridized carbons (Fsp3) is 0.154. The molecule has 7 nitrogen and oxygen atoms in total. The zero-order valence-corrected chi connectivity index (χ0v) is 19.0. The fourth-order valence-corrected chi connectivity index (χ4v) is 4.00. The Labute approximate surface area is 202 Å². The van der Waals surface area contributed by atoms with Crippen LogP contribution < -0.4 is 19.5 Å². The molecule has 3 aromatic rings. The van der Waals surface area contributed by atoms with Crippen LogP contribution in [0.3, 0.4) is 0 Å². The Morgan fingerprint density at radius 3 is 2.71 bits per heavy atom. The van der Waals surface area contributed by atoms with Crippen molar-refractivity contribution in [2.75, 3.05) is 13.4 Å². The van der Waals surface area contributed by atoms with Crippen LogP contribution in [-0.2, 0) is 11.2 Å². The molecule has 1 unspecified atom stereocenters. The number of hydrogen-bond donors (Lipinski definition) is 2. The Balaban J connectivity index is 1.62. The van der Waals surface area contributed by atoms with Crippen LogP contribution in [0.2, 0.25) is 5.02 Å². The SMILES string of the molecule is C=Cc1c(Cl)cc(CC(NC(=O)COc2ccccc2)c2ccc3c(c2)OCO3)c(O)c1N=C. The summed E-state index contributed by atoms with van der Waals surface area (Å²) in [6.45, 7) is 7.20. The van der Waals surface area contributed by atoms with Crippen molar-refractivity contribution in [2.45, 2.75) is 12.5 Å². The maximum atomic E-state index is 12.8. The van der Waals surface area contributed by atoms with Crippen molar-refractivity contribution < 1.29 is 24.1 Å². The first kappa shape index (κ1) is 23.2. The van der Waals surface area contributed by atoms with E-state index in [4.69, 9.17) is 25.8 Å². The highest BCUT2D eigenvalue weighted by Gasteiger charge is 2.23. The number of nitrogens with one attached hydrogen (secondary N) is 1. The lowest BCUT2D eigenvalue weighted by molar-refractivity contribution is -0.123. The van der Waals surface area contributed by atoms with Gasteiger partial charge in [-0.2, -0.15) is 0 Å². The van der Waals surface area contributed by atoms with E-state index in [1.165, 1.54) is 6.08 Å². The van der Waals surface area contributed by atoms with E-state index in [1.54, 1.807) is 30.3 Å². The van der Waals surface area contributed by atoms with Gasteiger partial charge in [0.25, 0.3) is 5.91 Å². The number of benzene rings is 3. The van der Waals surface area contributed by atoms with Crippen LogP contribution in [0.5, 0.6) is 23.0 Å². The summed E-state index contributed by atoms with van der Waals surface area (Å²) < 4.78 is 16.5. The molecule has 1 aliphatic rings. The number of hydrogen-bond acceptors (Lipinski definition) is 6. The highest BCUT2D eigenvalue weighted by Crippen LogP contribution is 2.41. The summed E-state index contributed by atoms with van der Waals surface area (Å²) in [4.78, 5) is 16.7. The molecule has 0 spiro atoms. The normalized spacial score (nSPS) is 12.6. The summed E-state index contributed by atoms with van der Waals surface area (Å²) in [6, 6.07) is 15.6. The monoisotopic (exact) mass is 478 g/mol. The second-order valence-electron chi connectivity index (χ2n) is 7.53. The van der Waals surface area contributed by atoms with Crippen molar-refractivity contribution in [3.8, 4) is 23.0 Å². The molecule has 0 radical (unpaired) electrons. The smallest absolute Gasteiger partial charge is 0.258 e. The number of ether oxygens (including phenoxy) is 3. The number of phenolic OH excluding ortho intramolecular Hbond substituents is 1. The van der Waals surface area contributed by atoms with Crippen molar-refractivity contribution >= 4 is 36.0 Å². The van der Waals surface area contributed by atoms with Crippen LogP contribution in [0.1, 0.15) is 22.7 Å². The highest BCUT2D eigenvalue weighted by molar-refractivity contribution is 6.32. The zero-order valence-electron chi connectivity index (χ0n) is 18.3. The third kappa shape index (κ3) is 5.00. The predicted molar refractivity (Wildman–Crippen MR) is 132 cm³/mol. The number of nitrogens with zero attached hydrogens (tertiary/aromatic N) is 1. The number of aliphatic imine (C=N–C) groups is 1. The van der Waals surface area contributed by atoms with Gasteiger partial charge in [-0.1, -0.05) is 48.5 Å². The first-order valence-corrected chi connectivity index (χ1v) is 10.9. The maximum Gasteiger partial charge on any atom is 0.258 e. The van der Waals surface area contributed by atoms with Gasteiger partial charge in [-0.25, -0.2) is 0 Å². The Morgan fingerprint density at radius 1 is 1.21 bits per heavy atom. The second kappa shape index (κ2) is 10.3. The summed E-state index contributed by atoms with van der Waals surface area (Å²) in [5, 5.41) is 14.2. The molecule has 8 heteroatoms. The van der Waals surface area contributed by atoms with Gasteiger partial charge >= 0.3 is 0 Å². The average molecular weight is 479 g/mol. The van der Waals surface area contributed by atoms with Gasteiger partial charge in [-0.3, -0.25) is 9.79 Å². The predicted octanol–water partition coefficient (Wildman–Crippen LogP) is 5.23. The Bertz CT molecular complexity index is 1230. The average Bonchev–Trinajstić information content (AvgIpc) is 3.32. The Hall–Kier alpha value is -3.97. The first-order valence-electron chi connectivity index (χ1n) is 10.5. The molecular weight excluding hydrogens is 456 g/mol. The molecule has 1 atom stereocenters. The molecule has 0 fully saturated rings. The fourth-order valence-electron chi connectivity index (χ4n) is 3.71. The minimum Gasteiger partial charge on any atom is -0.505 e. The Kier molecular flexibility index (Phi) is 7.04. The van der Waals surface area contributed by atoms with E-state index < -0.39 is 6.04 Å². The summed E-state index contributed by atoms with van der Waals surface area (Å²) in [7, 11) is 0. The number of carbonyl (C=O) groups excluding carboxylic acids is 1. The van der Waals surface area contributed by atoms with Crippen molar-refractivity contribution in [3.05, 3.63) is 82.9 Å². The van der Waals surface area contributed by atoms with Gasteiger partial charge in [-0.05, 0) is 42.6 Å². The molecule has 2 N–H and O–H groups in total. The first-order chi connectivity index (χ1) is 16.5. The van der Waals surface area contributed by atoms with Crippen molar-refractivity contribution in [1.29, 1.82) is 0 Å².